The van der Waals surface area contributed by atoms with Crippen LogP contribution in [0.5, 0.6) is 0 Å². The number of aliphatic hydroxyl groups excluding tert-OH is 1. The average Bonchev–Trinajstić information content (AvgIpc) is 3.23. The molecule has 5 rings (SSSR count). The number of nitrogens with zero attached hydrogens (tertiary/aromatic N) is 5. The maximum absolute atomic E-state index is 13.0. The van der Waals surface area contributed by atoms with Gasteiger partial charge >= 0.3 is 0 Å². The van der Waals surface area contributed by atoms with E-state index in [1.54, 1.807) is 30.4 Å². The van der Waals surface area contributed by atoms with E-state index in [-0.39, 0.29) is 5.91 Å². The molecule has 1 atom stereocenters. The standard InChI is InChI=1S/C25H25N5O3/c1-16-5-6-26-22(11-16)19-13-27-25(28-14-19)30-15-21(17(2)31)20-4-3-18(12-23(20)30)24(32)29-7-9-33-10-8-29/h3-6,11-15,17,31H,7-10H2,1-2H3. The fraction of sp³-hybridized carbons (Fsp3) is 0.280. The summed E-state index contributed by atoms with van der Waals surface area (Å²) in [7, 11) is 0. The Balaban J connectivity index is 1.56. The van der Waals surface area contributed by atoms with E-state index >= 15 is 0 Å². The Hall–Kier alpha value is -3.62. The zero-order valence-corrected chi connectivity index (χ0v) is 18.6. The molecular weight excluding hydrogens is 418 g/mol. The molecule has 4 heterocycles. The van der Waals surface area contributed by atoms with Gasteiger partial charge < -0.3 is 14.7 Å². The van der Waals surface area contributed by atoms with E-state index in [2.05, 4.69) is 15.0 Å². The maximum atomic E-state index is 13.0. The molecule has 4 aromatic rings. The molecule has 3 aromatic heterocycles. The van der Waals surface area contributed by atoms with E-state index in [4.69, 9.17) is 4.74 Å². The number of carbonyl (C=O) groups excluding carboxylic acids is 1. The van der Waals surface area contributed by atoms with Crippen molar-refractivity contribution in [1.82, 2.24) is 24.4 Å². The van der Waals surface area contributed by atoms with Crippen molar-refractivity contribution in [1.29, 1.82) is 0 Å². The molecule has 8 nitrogen and oxygen atoms in total. The van der Waals surface area contributed by atoms with Crippen LogP contribution in [0.3, 0.4) is 0 Å². The van der Waals surface area contributed by atoms with Crippen LogP contribution in [0.15, 0.2) is 55.1 Å². The highest BCUT2D eigenvalue weighted by molar-refractivity contribution is 5.99. The fourth-order valence-corrected chi connectivity index (χ4v) is 4.11. The van der Waals surface area contributed by atoms with Crippen LogP contribution in [0, 0.1) is 6.92 Å². The second kappa shape index (κ2) is 8.73. The van der Waals surface area contributed by atoms with E-state index in [0.29, 0.717) is 37.8 Å². The molecule has 1 amide bonds. The number of morpholine rings is 1. The topological polar surface area (TPSA) is 93.4 Å². The largest absolute Gasteiger partial charge is 0.389 e. The quantitative estimate of drug-likeness (QED) is 0.520. The van der Waals surface area contributed by atoms with Gasteiger partial charge in [-0.2, -0.15) is 0 Å². The van der Waals surface area contributed by atoms with Gasteiger partial charge in [-0.25, -0.2) is 9.97 Å². The molecule has 33 heavy (non-hydrogen) atoms. The number of aliphatic hydroxyl groups is 1. The summed E-state index contributed by atoms with van der Waals surface area (Å²) in [5.41, 5.74) is 4.84. The van der Waals surface area contributed by atoms with Crippen molar-refractivity contribution in [2.45, 2.75) is 20.0 Å². The number of pyridine rings is 1. The number of benzene rings is 1. The highest BCUT2D eigenvalue weighted by atomic mass is 16.5. The summed E-state index contributed by atoms with van der Waals surface area (Å²) in [6, 6.07) is 9.46. The van der Waals surface area contributed by atoms with Crippen molar-refractivity contribution in [3.63, 3.8) is 0 Å². The summed E-state index contributed by atoms with van der Waals surface area (Å²) in [6.07, 6.45) is 6.39. The number of ether oxygens (including phenoxy) is 1. The van der Waals surface area contributed by atoms with Crippen LogP contribution in [0.2, 0.25) is 0 Å². The minimum Gasteiger partial charge on any atom is -0.389 e. The molecule has 0 aliphatic carbocycles. The van der Waals surface area contributed by atoms with Gasteiger partial charge in [-0.05, 0) is 43.7 Å². The van der Waals surface area contributed by atoms with Crippen LogP contribution in [0.25, 0.3) is 28.1 Å². The molecule has 168 valence electrons. The number of amides is 1. The van der Waals surface area contributed by atoms with Crippen LogP contribution in [-0.2, 0) is 4.74 Å². The third-order valence-electron chi connectivity index (χ3n) is 5.90. The van der Waals surface area contributed by atoms with Gasteiger partial charge in [-0.3, -0.25) is 14.3 Å². The Bertz CT molecular complexity index is 1310. The Kier molecular flexibility index (Phi) is 5.62. The summed E-state index contributed by atoms with van der Waals surface area (Å²) in [4.78, 5) is 28.3. The first-order valence-electron chi connectivity index (χ1n) is 11.0. The molecule has 8 heteroatoms. The summed E-state index contributed by atoms with van der Waals surface area (Å²) in [6.45, 7) is 5.99. The predicted octanol–water partition coefficient (Wildman–Crippen LogP) is 3.32. The van der Waals surface area contributed by atoms with Gasteiger partial charge in [-0.1, -0.05) is 6.07 Å². The van der Waals surface area contributed by atoms with Gasteiger partial charge in [0.25, 0.3) is 5.91 Å². The lowest BCUT2D eigenvalue weighted by Gasteiger charge is -2.26. The molecule has 1 N–H and O–H groups in total. The third kappa shape index (κ3) is 4.10. The van der Waals surface area contributed by atoms with Gasteiger partial charge in [0.05, 0.1) is 30.5 Å². The monoisotopic (exact) mass is 443 g/mol. The molecule has 1 fully saturated rings. The van der Waals surface area contributed by atoms with Crippen LogP contribution < -0.4 is 0 Å². The maximum Gasteiger partial charge on any atom is 0.254 e. The van der Waals surface area contributed by atoms with E-state index < -0.39 is 6.10 Å². The lowest BCUT2D eigenvalue weighted by atomic mass is 10.1. The lowest BCUT2D eigenvalue weighted by molar-refractivity contribution is 0.0303. The number of fused-ring (bicyclic) bond motifs is 1. The van der Waals surface area contributed by atoms with Crippen molar-refractivity contribution in [3.05, 3.63) is 71.8 Å². The Morgan fingerprint density at radius 3 is 2.55 bits per heavy atom. The van der Waals surface area contributed by atoms with Gasteiger partial charge in [0, 0.05) is 60.0 Å². The van der Waals surface area contributed by atoms with Crippen LogP contribution >= 0.6 is 0 Å². The van der Waals surface area contributed by atoms with Gasteiger partial charge in [0.2, 0.25) is 5.95 Å². The number of rotatable bonds is 4. The molecule has 0 radical (unpaired) electrons. The minimum absolute atomic E-state index is 0.0339. The van der Waals surface area contributed by atoms with Crippen molar-refractivity contribution in [2.75, 3.05) is 26.3 Å². The van der Waals surface area contributed by atoms with E-state index in [1.165, 1.54) is 0 Å². The SMILES string of the molecule is Cc1ccnc(-c2cnc(-n3cc(C(C)O)c4ccc(C(=O)N5CCOCC5)cc43)nc2)c1. The van der Waals surface area contributed by atoms with Gasteiger partial charge in [0.15, 0.2) is 0 Å². The number of hydrogen-bond acceptors (Lipinski definition) is 6. The highest BCUT2D eigenvalue weighted by Crippen LogP contribution is 2.30. The zero-order valence-electron chi connectivity index (χ0n) is 18.6. The smallest absolute Gasteiger partial charge is 0.254 e. The summed E-state index contributed by atoms with van der Waals surface area (Å²) in [5.74, 6) is 0.424. The Labute approximate surface area is 191 Å². The lowest BCUT2D eigenvalue weighted by Crippen LogP contribution is -2.40. The second-order valence-electron chi connectivity index (χ2n) is 8.26. The summed E-state index contributed by atoms with van der Waals surface area (Å²) in [5, 5.41) is 11.2. The second-order valence-corrected chi connectivity index (χ2v) is 8.26. The molecule has 0 saturated carbocycles. The summed E-state index contributed by atoms with van der Waals surface area (Å²) < 4.78 is 7.18. The fourth-order valence-electron chi connectivity index (χ4n) is 4.11. The molecule has 1 aliphatic heterocycles. The van der Waals surface area contributed by atoms with Crippen LogP contribution in [0.1, 0.15) is 34.5 Å². The van der Waals surface area contributed by atoms with E-state index in [0.717, 1.165) is 33.3 Å². The molecule has 1 saturated heterocycles. The molecule has 1 aliphatic rings. The van der Waals surface area contributed by atoms with Crippen molar-refractivity contribution >= 4 is 16.8 Å². The summed E-state index contributed by atoms with van der Waals surface area (Å²) >= 11 is 0. The molecule has 1 aromatic carbocycles. The van der Waals surface area contributed by atoms with Crippen molar-refractivity contribution in [2.24, 2.45) is 0 Å². The number of aryl methyl sites for hydroxylation is 1. The van der Waals surface area contributed by atoms with Crippen molar-refractivity contribution in [3.8, 4) is 17.2 Å². The number of hydrogen-bond donors (Lipinski definition) is 1. The van der Waals surface area contributed by atoms with Crippen molar-refractivity contribution < 1.29 is 14.6 Å². The highest BCUT2D eigenvalue weighted by Gasteiger charge is 2.21. The minimum atomic E-state index is -0.676. The van der Waals surface area contributed by atoms with Crippen LogP contribution in [-0.4, -0.2) is 61.7 Å². The first-order valence-corrected chi connectivity index (χ1v) is 11.0. The molecule has 0 bridgehead atoms. The van der Waals surface area contributed by atoms with Gasteiger partial charge in [0.1, 0.15) is 0 Å². The first-order chi connectivity index (χ1) is 16.0. The predicted molar refractivity (Wildman–Crippen MR) is 124 cm³/mol. The molecular formula is C25H25N5O3. The first kappa shape index (κ1) is 21.2. The number of aromatic nitrogens is 4. The zero-order chi connectivity index (χ0) is 22.9. The Morgan fingerprint density at radius 1 is 1.09 bits per heavy atom. The Morgan fingerprint density at radius 2 is 1.85 bits per heavy atom. The average molecular weight is 444 g/mol. The van der Waals surface area contributed by atoms with Gasteiger partial charge in [-0.15, -0.1) is 0 Å². The number of carbonyl (C=O) groups is 1. The molecule has 0 spiro atoms. The normalized spacial score (nSPS) is 15.1. The van der Waals surface area contributed by atoms with E-state index in [9.17, 15) is 9.90 Å². The van der Waals surface area contributed by atoms with E-state index in [1.807, 2.05) is 48.0 Å². The van der Waals surface area contributed by atoms with Crippen LogP contribution in [0.4, 0.5) is 0 Å². The third-order valence-corrected chi connectivity index (χ3v) is 5.90. The molecule has 1 unspecified atom stereocenters.